The molecule has 0 N–H and O–H groups in total. The fraction of sp³-hybridized carbons (Fsp3) is 0.273. The molecule has 0 atom stereocenters. The van der Waals surface area contributed by atoms with Gasteiger partial charge in [0, 0.05) is 24.3 Å². The van der Waals surface area contributed by atoms with Gasteiger partial charge in [-0.25, -0.2) is 0 Å². The van der Waals surface area contributed by atoms with E-state index >= 15 is 0 Å². The topological polar surface area (TPSA) is 29.0 Å². The molecular formula is C11H12BrN3. The molecular weight excluding hydrogens is 254 g/mol. The van der Waals surface area contributed by atoms with E-state index in [1.165, 1.54) is 0 Å². The van der Waals surface area contributed by atoms with Crippen molar-refractivity contribution in [3.63, 3.8) is 0 Å². The van der Waals surface area contributed by atoms with Gasteiger partial charge in [-0.15, -0.1) is 0 Å². The molecule has 0 aliphatic heterocycles. The zero-order valence-electron chi connectivity index (χ0n) is 8.52. The minimum atomic E-state index is 0.941. The fourth-order valence-corrected chi connectivity index (χ4v) is 2.08. The second kappa shape index (κ2) is 4.57. The highest BCUT2D eigenvalue weighted by Gasteiger charge is 2.05. The van der Waals surface area contributed by atoms with Crippen LogP contribution in [0.15, 0.2) is 30.5 Å². The smallest absolute Gasteiger partial charge is 0.0950 e. The van der Waals surface area contributed by atoms with Gasteiger partial charge in [0.05, 0.1) is 17.4 Å². The second-order valence-corrected chi connectivity index (χ2v) is 4.15. The van der Waals surface area contributed by atoms with Crippen molar-refractivity contribution in [1.29, 1.82) is 0 Å². The summed E-state index contributed by atoms with van der Waals surface area (Å²) in [5.74, 6) is 0. The Morgan fingerprint density at radius 1 is 1.33 bits per heavy atom. The van der Waals surface area contributed by atoms with Crippen LogP contribution in [-0.2, 0) is 0 Å². The Morgan fingerprint density at radius 2 is 2.13 bits per heavy atom. The van der Waals surface area contributed by atoms with Crippen molar-refractivity contribution in [3.05, 3.63) is 30.5 Å². The van der Waals surface area contributed by atoms with Crippen LogP contribution in [0.1, 0.15) is 0 Å². The third-order valence-electron chi connectivity index (χ3n) is 2.36. The molecule has 2 rings (SSSR count). The van der Waals surface area contributed by atoms with Crippen molar-refractivity contribution in [2.45, 2.75) is 0 Å². The van der Waals surface area contributed by atoms with Crippen molar-refractivity contribution in [3.8, 4) is 0 Å². The molecule has 0 unspecified atom stereocenters. The average Bonchev–Trinajstić information content (AvgIpc) is 2.28. The second-order valence-electron chi connectivity index (χ2n) is 3.36. The van der Waals surface area contributed by atoms with E-state index in [0.717, 1.165) is 28.5 Å². The lowest BCUT2D eigenvalue weighted by molar-refractivity contribution is 0.965. The monoisotopic (exact) mass is 265 g/mol. The fourth-order valence-electron chi connectivity index (χ4n) is 1.54. The van der Waals surface area contributed by atoms with Gasteiger partial charge in [-0.05, 0) is 6.07 Å². The number of hydrogen-bond donors (Lipinski definition) is 0. The Bertz CT molecular complexity index is 453. The van der Waals surface area contributed by atoms with E-state index in [-0.39, 0.29) is 0 Å². The summed E-state index contributed by atoms with van der Waals surface area (Å²) in [4.78, 5) is 2.17. The molecule has 15 heavy (non-hydrogen) atoms. The maximum Gasteiger partial charge on any atom is 0.0950 e. The molecule has 0 bridgehead atoms. The third-order valence-corrected chi connectivity index (χ3v) is 2.71. The van der Waals surface area contributed by atoms with Crippen LogP contribution in [0.2, 0.25) is 0 Å². The van der Waals surface area contributed by atoms with Crippen LogP contribution in [-0.4, -0.2) is 29.1 Å². The summed E-state index contributed by atoms with van der Waals surface area (Å²) in [6.07, 6.45) is 1.81. The van der Waals surface area contributed by atoms with Crippen molar-refractivity contribution in [2.75, 3.05) is 23.8 Å². The Balaban J connectivity index is 2.50. The minimum absolute atomic E-state index is 0.941. The normalized spacial score (nSPS) is 10.5. The van der Waals surface area contributed by atoms with Gasteiger partial charge in [0.25, 0.3) is 0 Å². The van der Waals surface area contributed by atoms with E-state index in [0.29, 0.717) is 0 Å². The van der Waals surface area contributed by atoms with Gasteiger partial charge < -0.3 is 4.90 Å². The molecule has 0 aliphatic carbocycles. The number of benzene rings is 1. The molecule has 4 heteroatoms. The lowest BCUT2D eigenvalue weighted by Crippen LogP contribution is -2.20. The van der Waals surface area contributed by atoms with Crippen molar-refractivity contribution in [2.24, 2.45) is 0 Å². The van der Waals surface area contributed by atoms with Crippen molar-refractivity contribution < 1.29 is 0 Å². The van der Waals surface area contributed by atoms with E-state index < -0.39 is 0 Å². The Morgan fingerprint density at radius 3 is 2.93 bits per heavy atom. The van der Waals surface area contributed by atoms with Gasteiger partial charge >= 0.3 is 0 Å². The molecule has 0 saturated heterocycles. The Hall–Kier alpha value is -1.16. The molecule has 78 valence electrons. The number of alkyl halides is 1. The summed E-state index contributed by atoms with van der Waals surface area (Å²) in [5.41, 5.74) is 2.07. The number of anilines is 1. The van der Waals surface area contributed by atoms with Crippen LogP contribution < -0.4 is 4.90 Å². The molecule has 2 aromatic rings. The van der Waals surface area contributed by atoms with Gasteiger partial charge in [0.2, 0.25) is 0 Å². The van der Waals surface area contributed by atoms with Gasteiger partial charge in [0.15, 0.2) is 0 Å². The molecule has 3 nitrogen and oxygen atoms in total. The highest BCUT2D eigenvalue weighted by atomic mass is 79.9. The third kappa shape index (κ3) is 2.09. The van der Waals surface area contributed by atoms with Crippen molar-refractivity contribution >= 4 is 32.5 Å². The maximum absolute atomic E-state index is 4.10. The highest BCUT2D eigenvalue weighted by molar-refractivity contribution is 9.09. The highest BCUT2D eigenvalue weighted by Crippen LogP contribution is 2.22. The minimum Gasteiger partial charge on any atom is -0.372 e. The Labute approximate surface area is 97.2 Å². The molecule has 1 heterocycles. The average molecular weight is 266 g/mol. The summed E-state index contributed by atoms with van der Waals surface area (Å²) in [6, 6.07) is 8.05. The van der Waals surface area contributed by atoms with Crippen LogP contribution in [0.4, 0.5) is 5.69 Å². The standard InChI is InChI=1S/C11H12BrN3/c1-15(7-6-12)11-8-13-14-10-5-3-2-4-9(10)11/h2-5,8H,6-7H2,1H3. The number of hydrogen-bond acceptors (Lipinski definition) is 3. The van der Waals surface area contributed by atoms with Gasteiger partial charge in [-0.1, -0.05) is 34.1 Å². The predicted octanol–water partition coefficient (Wildman–Crippen LogP) is 2.46. The molecule has 0 saturated carbocycles. The first kappa shape index (κ1) is 10.4. The summed E-state index contributed by atoms with van der Waals surface area (Å²) < 4.78 is 0. The first-order valence-corrected chi connectivity index (χ1v) is 5.92. The predicted molar refractivity (Wildman–Crippen MR) is 66.6 cm³/mol. The largest absolute Gasteiger partial charge is 0.372 e. The molecule has 0 amide bonds. The van der Waals surface area contributed by atoms with Crippen LogP contribution in [0.5, 0.6) is 0 Å². The molecule has 1 aromatic heterocycles. The van der Waals surface area contributed by atoms with Crippen LogP contribution in [0, 0.1) is 0 Å². The van der Waals surface area contributed by atoms with Crippen molar-refractivity contribution in [1.82, 2.24) is 10.2 Å². The number of aromatic nitrogens is 2. The number of halogens is 1. The molecule has 0 spiro atoms. The van der Waals surface area contributed by atoms with E-state index in [4.69, 9.17) is 0 Å². The summed E-state index contributed by atoms with van der Waals surface area (Å²) in [7, 11) is 2.06. The molecule has 0 fully saturated rings. The lowest BCUT2D eigenvalue weighted by atomic mass is 10.2. The number of fused-ring (bicyclic) bond motifs is 1. The molecule has 1 aromatic carbocycles. The quantitative estimate of drug-likeness (QED) is 0.799. The van der Waals surface area contributed by atoms with E-state index in [9.17, 15) is 0 Å². The maximum atomic E-state index is 4.10. The van der Waals surface area contributed by atoms with E-state index in [2.05, 4.69) is 44.1 Å². The Kier molecular flexibility index (Phi) is 3.16. The van der Waals surface area contributed by atoms with Gasteiger partial charge in [0.1, 0.15) is 0 Å². The first-order valence-electron chi connectivity index (χ1n) is 4.80. The SMILES string of the molecule is CN(CCBr)c1cnnc2ccccc12. The zero-order chi connectivity index (χ0) is 10.7. The number of rotatable bonds is 3. The van der Waals surface area contributed by atoms with Crippen LogP contribution in [0.3, 0.4) is 0 Å². The van der Waals surface area contributed by atoms with Crippen LogP contribution in [0.25, 0.3) is 10.9 Å². The number of nitrogens with zero attached hydrogens (tertiary/aromatic N) is 3. The summed E-state index contributed by atoms with van der Waals surface area (Å²) in [5, 5.41) is 10.2. The van der Waals surface area contributed by atoms with E-state index in [1.807, 2.05) is 24.4 Å². The summed E-state index contributed by atoms with van der Waals surface area (Å²) >= 11 is 3.43. The van der Waals surface area contributed by atoms with Gasteiger partial charge in [-0.2, -0.15) is 10.2 Å². The molecule has 0 radical (unpaired) electrons. The van der Waals surface area contributed by atoms with E-state index in [1.54, 1.807) is 0 Å². The van der Waals surface area contributed by atoms with Crippen LogP contribution >= 0.6 is 15.9 Å². The zero-order valence-corrected chi connectivity index (χ0v) is 10.1. The lowest BCUT2D eigenvalue weighted by Gasteiger charge is -2.18. The van der Waals surface area contributed by atoms with Gasteiger partial charge in [-0.3, -0.25) is 0 Å². The first-order chi connectivity index (χ1) is 7.33. The summed E-state index contributed by atoms with van der Waals surface area (Å²) in [6.45, 7) is 0.954. The molecule has 0 aliphatic rings.